The fourth-order valence-electron chi connectivity index (χ4n) is 1.95. The maximum atomic E-state index is 10.6. The van der Waals surface area contributed by atoms with E-state index in [-0.39, 0.29) is 18.0 Å². The van der Waals surface area contributed by atoms with Crippen LogP contribution in [0.4, 0.5) is 5.69 Å². The van der Waals surface area contributed by atoms with E-state index in [1.54, 1.807) is 25.1 Å². The minimum atomic E-state index is -0.458. The van der Waals surface area contributed by atoms with E-state index in [2.05, 4.69) is 21.1 Å². The van der Waals surface area contributed by atoms with E-state index in [0.29, 0.717) is 21.5 Å². The van der Waals surface area contributed by atoms with Crippen molar-refractivity contribution >= 4 is 27.3 Å². The number of halogens is 1. The summed E-state index contributed by atoms with van der Waals surface area (Å²) in [7, 11) is 1.47. The van der Waals surface area contributed by atoms with Gasteiger partial charge in [0.05, 0.1) is 17.7 Å². The average molecular weight is 395 g/mol. The predicted octanol–water partition coefficient (Wildman–Crippen LogP) is 4.01. The lowest BCUT2D eigenvalue weighted by Crippen LogP contribution is -1.99. The summed E-state index contributed by atoms with van der Waals surface area (Å²) in [5.41, 5.74) is 2.00. The van der Waals surface area contributed by atoms with Crippen LogP contribution in [0.15, 0.2) is 46.0 Å². The number of aromatic hydroxyl groups is 1. The van der Waals surface area contributed by atoms with Gasteiger partial charge in [-0.1, -0.05) is 5.16 Å². The van der Waals surface area contributed by atoms with Crippen molar-refractivity contribution in [2.75, 3.05) is 7.11 Å². The molecule has 0 aliphatic rings. The number of hydrogen-bond acceptors (Lipinski definition) is 6. The Bertz CT molecular complexity index is 775. The Kier molecular flexibility index (Phi) is 5.75. The van der Waals surface area contributed by atoms with E-state index in [0.717, 1.165) is 5.56 Å². The number of oxime groups is 1. The van der Waals surface area contributed by atoms with Gasteiger partial charge in [-0.15, -0.1) is 0 Å². The number of non-ortho nitro benzene ring substituents is 1. The molecule has 1 N–H and O–H groups in total. The van der Waals surface area contributed by atoms with Crippen LogP contribution in [0.3, 0.4) is 0 Å². The fourth-order valence-corrected chi connectivity index (χ4v) is 2.56. The van der Waals surface area contributed by atoms with E-state index < -0.39 is 4.92 Å². The van der Waals surface area contributed by atoms with Crippen molar-refractivity contribution in [1.29, 1.82) is 0 Å². The highest BCUT2D eigenvalue weighted by Crippen LogP contribution is 2.32. The molecule has 0 aromatic heterocycles. The van der Waals surface area contributed by atoms with E-state index in [9.17, 15) is 15.2 Å². The smallest absolute Gasteiger partial charge is 0.269 e. The number of benzene rings is 2. The third-order valence-electron chi connectivity index (χ3n) is 3.24. The molecular formula is C16H15BrN2O5. The van der Waals surface area contributed by atoms with E-state index >= 15 is 0 Å². The molecule has 0 radical (unpaired) electrons. The molecule has 2 aromatic carbocycles. The van der Waals surface area contributed by atoms with Crippen LogP contribution in [0.25, 0.3) is 0 Å². The van der Waals surface area contributed by atoms with Crippen molar-refractivity contribution in [2.45, 2.75) is 13.5 Å². The van der Waals surface area contributed by atoms with Crippen LogP contribution in [0, 0.1) is 10.1 Å². The maximum Gasteiger partial charge on any atom is 0.269 e. The number of phenols is 1. The molecule has 0 amide bonds. The van der Waals surface area contributed by atoms with Crippen LogP contribution in [-0.4, -0.2) is 22.9 Å². The monoisotopic (exact) mass is 394 g/mol. The average Bonchev–Trinajstić information content (AvgIpc) is 2.56. The first-order valence-electron chi connectivity index (χ1n) is 6.89. The molecular weight excluding hydrogens is 380 g/mol. The second-order valence-electron chi connectivity index (χ2n) is 4.88. The minimum absolute atomic E-state index is 0.000573. The van der Waals surface area contributed by atoms with Crippen LogP contribution in [-0.2, 0) is 11.4 Å². The van der Waals surface area contributed by atoms with E-state index in [1.165, 1.54) is 25.3 Å². The molecule has 0 saturated carbocycles. The first kappa shape index (κ1) is 17.7. The van der Waals surface area contributed by atoms with Crippen molar-refractivity contribution in [2.24, 2.45) is 5.16 Å². The number of nitro benzene ring substituents is 1. The largest absolute Gasteiger partial charge is 0.504 e. The summed E-state index contributed by atoms with van der Waals surface area (Å²) in [5, 5.41) is 24.4. The highest BCUT2D eigenvalue weighted by molar-refractivity contribution is 9.10. The summed E-state index contributed by atoms with van der Waals surface area (Å²) in [6.45, 7) is 1.91. The Morgan fingerprint density at radius 3 is 2.58 bits per heavy atom. The van der Waals surface area contributed by atoms with Gasteiger partial charge in [0, 0.05) is 22.2 Å². The molecule has 0 heterocycles. The van der Waals surface area contributed by atoms with Crippen molar-refractivity contribution < 1.29 is 19.6 Å². The molecule has 0 spiro atoms. The topological polar surface area (TPSA) is 94.2 Å². The number of nitrogens with zero attached hydrogens (tertiary/aromatic N) is 2. The number of ether oxygens (including phenoxy) is 1. The molecule has 24 heavy (non-hydrogen) atoms. The number of hydrogen-bond donors (Lipinski definition) is 1. The lowest BCUT2D eigenvalue weighted by Gasteiger charge is -2.09. The molecule has 0 saturated heterocycles. The fraction of sp³-hybridized carbons (Fsp3) is 0.188. The minimum Gasteiger partial charge on any atom is -0.504 e. The second-order valence-corrected chi connectivity index (χ2v) is 5.73. The summed E-state index contributed by atoms with van der Waals surface area (Å²) < 4.78 is 5.73. The quantitative estimate of drug-likeness (QED) is 0.453. The third kappa shape index (κ3) is 4.23. The van der Waals surface area contributed by atoms with Crippen molar-refractivity contribution in [3.63, 3.8) is 0 Å². The summed E-state index contributed by atoms with van der Waals surface area (Å²) in [6, 6.07) is 9.20. The molecule has 8 heteroatoms. The number of methoxy groups -OCH3 is 1. The van der Waals surface area contributed by atoms with Crippen LogP contribution in [0.1, 0.15) is 18.1 Å². The first-order valence-corrected chi connectivity index (χ1v) is 7.68. The van der Waals surface area contributed by atoms with Gasteiger partial charge in [0.1, 0.15) is 6.61 Å². The third-order valence-corrected chi connectivity index (χ3v) is 3.89. The van der Waals surface area contributed by atoms with Crippen molar-refractivity contribution in [3.8, 4) is 11.5 Å². The summed E-state index contributed by atoms with van der Waals surface area (Å²) in [6.07, 6.45) is 0. The summed E-state index contributed by atoms with van der Waals surface area (Å²) >= 11 is 3.39. The molecule has 7 nitrogen and oxygen atoms in total. The van der Waals surface area contributed by atoms with Gasteiger partial charge >= 0.3 is 0 Å². The normalized spacial score (nSPS) is 11.2. The Morgan fingerprint density at radius 1 is 1.33 bits per heavy atom. The molecule has 2 rings (SSSR count). The highest BCUT2D eigenvalue weighted by Gasteiger charge is 2.11. The van der Waals surface area contributed by atoms with Crippen LogP contribution in [0.2, 0.25) is 0 Å². The van der Waals surface area contributed by atoms with Gasteiger partial charge in [-0.05, 0) is 52.7 Å². The molecule has 0 unspecified atom stereocenters. The summed E-state index contributed by atoms with van der Waals surface area (Å²) in [5.74, 6) is 0.353. The van der Waals surface area contributed by atoms with Crippen LogP contribution in [0.5, 0.6) is 11.5 Å². The van der Waals surface area contributed by atoms with Crippen LogP contribution < -0.4 is 4.74 Å². The Hall–Kier alpha value is -2.61. The SMILES string of the molecule is COc1cc(Br)c(/C(C)=N/OCc2ccc([N+](=O)[O-])cc2)cc1O. The maximum absolute atomic E-state index is 10.6. The Morgan fingerprint density at radius 2 is 2.00 bits per heavy atom. The summed E-state index contributed by atoms with van der Waals surface area (Å²) in [4.78, 5) is 15.4. The molecule has 0 atom stereocenters. The van der Waals surface area contributed by atoms with E-state index in [1.807, 2.05) is 0 Å². The number of nitro groups is 1. The zero-order valence-corrected chi connectivity index (χ0v) is 14.6. The van der Waals surface area contributed by atoms with E-state index in [4.69, 9.17) is 9.57 Å². The molecule has 0 aliphatic heterocycles. The molecule has 0 bridgehead atoms. The lowest BCUT2D eigenvalue weighted by atomic mass is 10.1. The van der Waals surface area contributed by atoms with Crippen molar-refractivity contribution in [3.05, 3.63) is 62.1 Å². The highest BCUT2D eigenvalue weighted by atomic mass is 79.9. The Labute approximate surface area is 146 Å². The molecule has 0 aliphatic carbocycles. The van der Waals surface area contributed by atoms with Gasteiger partial charge in [0.25, 0.3) is 5.69 Å². The molecule has 126 valence electrons. The van der Waals surface area contributed by atoms with Gasteiger partial charge in [-0.2, -0.15) is 0 Å². The van der Waals surface area contributed by atoms with Gasteiger partial charge in [0.15, 0.2) is 11.5 Å². The second kappa shape index (κ2) is 7.78. The molecule has 0 fully saturated rings. The number of rotatable bonds is 6. The zero-order valence-electron chi connectivity index (χ0n) is 13.0. The zero-order chi connectivity index (χ0) is 17.7. The predicted molar refractivity (Wildman–Crippen MR) is 92.5 cm³/mol. The van der Waals surface area contributed by atoms with Gasteiger partial charge in [-0.3, -0.25) is 10.1 Å². The van der Waals surface area contributed by atoms with Crippen molar-refractivity contribution in [1.82, 2.24) is 0 Å². The standard InChI is InChI=1S/C16H15BrN2O5/c1-10(13-7-15(20)16(23-2)8-14(13)17)18-24-9-11-3-5-12(6-4-11)19(21)22/h3-8,20H,9H2,1-2H3/b18-10+. The lowest BCUT2D eigenvalue weighted by molar-refractivity contribution is -0.384. The van der Waals surface area contributed by atoms with Crippen LogP contribution >= 0.6 is 15.9 Å². The first-order chi connectivity index (χ1) is 11.4. The number of phenolic OH excluding ortho intramolecular Hbond substituents is 1. The van der Waals surface area contributed by atoms with Gasteiger partial charge < -0.3 is 14.7 Å². The Balaban J connectivity index is 2.06. The van der Waals surface area contributed by atoms with Gasteiger partial charge in [-0.25, -0.2) is 0 Å². The van der Waals surface area contributed by atoms with Gasteiger partial charge in [0.2, 0.25) is 0 Å². The molecule has 2 aromatic rings.